The molecule has 1 aromatic heterocycles. The van der Waals surface area contributed by atoms with E-state index in [0.717, 1.165) is 10.1 Å². The van der Waals surface area contributed by atoms with Gasteiger partial charge in [-0.2, -0.15) is 0 Å². The molecule has 4 rings (SSSR count). The molecule has 2 heterocycles. The molecule has 32 heavy (non-hydrogen) atoms. The van der Waals surface area contributed by atoms with Crippen LogP contribution in [0.15, 0.2) is 39.9 Å². The fourth-order valence-corrected chi connectivity index (χ4v) is 3.52. The van der Waals surface area contributed by atoms with E-state index in [1.54, 1.807) is 12.1 Å². The predicted octanol–water partition coefficient (Wildman–Crippen LogP) is 1.53. The van der Waals surface area contributed by atoms with Crippen LogP contribution in [0.1, 0.15) is 18.4 Å². The number of aromatic amines is 1. The van der Waals surface area contributed by atoms with Crippen LogP contribution >= 0.6 is 0 Å². The van der Waals surface area contributed by atoms with Gasteiger partial charge in [0.05, 0.1) is 25.1 Å². The Morgan fingerprint density at radius 1 is 1.09 bits per heavy atom. The van der Waals surface area contributed by atoms with Crippen molar-refractivity contribution >= 4 is 16.8 Å². The van der Waals surface area contributed by atoms with Crippen molar-refractivity contribution in [1.29, 1.82) is 0 Å². The number of rotatable bonds is 8. The molecule has 0 saturated heterocycles. The quantitative estimate of drug-likeness (QED) is 0.544. The molecule has 1 amide bonds. The molecule has 0 fully saturated rings. The fraction of sp³-hybridized carbons (Fsp3) is 0.318. The van der Waals surface area contributed by atoms with Gasteiger partial charge in [0.1, 0.15) is 0 Å². The predicted molar refractivity (Wildman–Crippen MR) is 116 cm³/mol. The Bertz CT molecular complexity index is 1280. The molecule has 0 radical (unpaired) electrons. The van der Waals surface area contributed by atoms with Crippen molar-refractivity contribution in [2.75, 3.05) is 21.0 Å². The van der Waals surface area contributed by atoms with E-state index in [9.17, 15) is 14.4 Å². The summed E-state index contributed by atoms with van der Waals surface area (Å²) in [6.07, 6.45) is 0.495. The van der Waals surface area contributed by atoms with Crippen molar-refractivity contribution in [2.24, 2.45) is 0 Å². The van der Waals surface area contributed by atoms with E-state index in [-0.39, 0.29) is 25.7 Å². The van der Waals surface area contributed by atoms with Gasteiger partial charge < -0.3 is 29.2 Å². The summed E-state index contributed by atoms with van der Waals surface area (Å²) in [5, 5.41) is 3.12. The molecule has 0 aliphatic carbocycles. The minimum Gasteiger partial charge on any atom is -0.493 e. The highest BCUT2D eigenvalue weighted by molar-refractivity contribution is 5.81. The van der Waals surface area contributed by atoms with Crippen LogP contribution < -0.4 is 35.5 Å². The zero-order valence-corrected chi connectivity index (χ0v) is 17.7. The van der Waals surface area contributed by atoms with Gasteiger partial charge in [0.15, 0.2) is 23.0 Å². The SMILES string of the molecule is COc1cc2[nH]c(=O)n(CCCC(=O)NCc3ccc4c(c3)OCO4)c(=O)c2cc1OC. The lowest BCUT2D eigenvalue weighted by Crippen LogP contribution is -2.35. The smallest absolute Gasteiger partial charge is 0.328 e. The summed E-state index contributed by atoms with van der Waals surface area (Å²) in [6.45, 7) is 0.641. The van der Waals surface area contributed by atoms with Gasteiger partial charge in [-0.1, -0.05) is 6.07 Å². The Labute approximate surface area is 182 Å². The second kappa shape index (κ2) is 9.04. The number of hydrogen-bond acceptors (Lipinski definition) is 7. The van der Waals surface area contributed by atoms with E-state index in [1.807, 2.05) is 12.1 Å². The first-order chi connectivity index (χ1) is 15.5. The molecule has 2 aromatic carbocycles. The molecule has 10 nitrogen and oxygen atoms in total. The highest BCUT2D eigenvalue weighted by Gasteiger charge is 2.15. The molecular formula is C22H23N3O7. The molecule has 168 valence electrons. The summed E-state index contributed by atoms with van der Waals surface area (Å²) in [5.74, 6) is 1.95. The monoisotopic (exact) mass is 441 g/mol. The normalized spacial score (nSPS) is 12.1. The maximum Gasteiger partial charge on any atom is 0.328 e. The molecule has 0 bridgehead atoms. The lowest BCUT2D eigenvalue weighted by atomic mass is 10.2. The number of fused-ring (bicyclic) bond motifs is 2. The van der Waals surface area contributed by atoms with E-state index >= 15 is 0 Å². The van der Waals surface area contributed by atoms with Crippen molar-refractivity contribution in [3.63, 3.8) is 0 Å². The number of ether oxygens (including phenoxy) is 4. The summed E-state index contributed by atoms with van der Waals surface area (Å²) in [7, 11) is 2.94. The van der Waals surface area contributed by atoms with Gasteiger partial charge in [-0.15, -0.1) is 0 Å². The minimum absolute atomic E-state index is 0.107. The number of amides is 1. The number of carbonyl (C=O) groups is 1. The molecule has 0 unspecified atom stereocenters. The van der Waals surface area contributed by atoms with Crippen molar-refractivity contribution in [2.45, 2.75) is 25.9 Å². The molecule has 0 atom stereocenters. The number of H-pyrrole nitrogens is 1. The molecule has 1 aliphatic rings. The van der Waals surface area contributed by atoms with Crippen LogP contribution in [-0.2, 0) is 17.9 Å². The van der Waals surface area contributed by atoms with E-state index in [1.165, 1.54) is 20.3 Å². The van der Waals surface area contributed by atoms with Crippen molar-refractivity contribution in [3.8, 4) is 23.0 Å². The van der Waals surface area contributed by atoms with E-state index in [0.29, 0.717) is 46.9 Å². The number of nitrogens with zero attached hydrogens (tertiary/aromatic N) is 1. The summed E-state index contributed by atoms with van der Waals surface area (Å²) in [6, 6.07) is 8.55. The molecule has 1 aliphatic heterocycles. The summed E-state index contributed by atoms with van der Waals surface area (Å²) in [4.78, 5) is 40.1. The van der Waals surface area contributed by atoms with Crippen LogP contribution in [0.3, 0.4) is 0 Å². The molecule has 2 N–H and O–H groups in total. The zero-order valence-electron chi connectivity index (χ0n) is 17.7. The van der Waals surface area contributed by atoms with E-state index < -0.39 is 11.2 Å². The van der Waals surface area contributed by atoms with Crippen LogP contribution in [0.4, 0.5) is 0 Å². The highest BCUT2D eigenvalue weighted by Crippen LogP contribution is 2.32. The van der Waals surface area contributed by atoms with Crippen molar-refractivity contribution in [1.82, 2.24) is 14.9 Å². The Kier molecular flexibility index (Phi) is 6.02. The number of aromatic nitrogens is 2. The minimum atomic E-state index is -0.546. The van der Waals surface area contributed by atoms with Crippen LogP contribution in [-0.4, -0.2) is 36.5 Å². The van der Waals surface area contributed by atoms with Gasteiger partial charge in [-0.3, -0.25) is 14.2 Å². The maximum atomic E-state index is 12.8. The fourth-order valence-electron chi connectivity index (χ4n) is 3.52. The van der Waals surface area contributed by atoms with Crippen LogP contribution in [0.25, 0.3) is 10.9 Å². The Morgan fingerprint density at radius 2 is 1.84 bits per heavy atom. The average molecular weight is 441 g/mol. The van der Waals surface area contributed by atoms with Gasteiger partial charge >= 0.3 is 5.69 Å². The third-order valence-electron chi connectivity index (χ3n) is 5.20. The molecule has 0 saturated carbocycles. The Morgan fingerprint density at radius 3 is 2.62 bits per heavy atom. The first kappa shape index (κ1) is 21.3. The largest absolute Gasteiger partial charge is 0.493 e. The number of carbonyl (C=O) groups excluding carboxylic acids is 1. The highest BCUT2D eigenvalue weighted by atomic mass is 16.7. The number of benzene rings is 2. The third-order valence-corrected chi connectivity index (χ3v) is 5.20. The van der Waals surface area contributed by atoms with E-state index in [2.05, 4.69) is 10.3 Å². The van der Waals surface area contributed by atoms with Crippen LogP contribution in [0, 0.1) is 0 Å². The van der Waals surface area contributed by atoms with Crippen molar-refractivity contribution < 1.29 is 23.7 Å². The summed E-state index contributed by atoms with van der Waals surface area (Å²) in [5.41, 5.74) is 0.241. The van der Waals surface area contributed by atoms with Gasteiger partial charge in [-0.05, 0) is 30.2 Å². The number of hydrogen-bond donors (Lipinski definition) is 2. The molecule has 3 aromatic rings. The standard InChI is InChI=1S/C22H23N3O7/c1-29-17-9-14-15(10-18(17)30-2)24-22(28)25(21(14)27)7-3-4-20(26)23-11-13-5-6-16-19(8-13)32-12-31-16/h5-6,8-10H,3-4,7,11-12H2,1-2H3,(H,23,26)(H,24,28). The first-order valence-electron chi connectivity index (χ1n) is 10.0. The van der Waals surface area contributed by atoms with E-state index in [4.69, 9.17) is 18.9 Å². The summed E-state index contributed by atoms with van der Waals surface area (Å²) < 4.78 is 22.1. The van der Waals surface area contributed by atoms with Crippen molar-refractivity contribution in [3.05, 3.63) is 56.7 Å². The molecule has 10 heteroatoms. The Hall–Kier alpha value is -3.95. The second-order valence-corrected chi connectivity index (χ2v) is 7.21. The molecular weight excluding hydrogens is 418 g/mol. The lowest BCUT2D eigenvalue weighted by Gasteiger charge is -2.11. The van der Waals surface area contributed by atoms with Gasteiger partial charge in [0.2, 0.25) is 12.7 Å². The van der Waals surface area contributed by atoms with Gasteiger partial charge in [-0.25, -0.2) is 4.79 Å². The number of methoxy groups -OCH3 is 2. The third kappa shape index (κ3) is 4.25. The van der Waals surface area contributed by atoms with Crippen LogP contribution in [0.2, 0.25) is 0 Å². The molecule has 0 spiro atoms. The topological polar surface area (TPSA) is 121 Å². The average Bonchev–Trinajstić information content (AvgIpc) is 3.27. The lowest BCUT2D eigenvalue weighted by molar-refractivity contribution is -0.121. The van der Waals surface area contributed by atoms with Gasteiger partial charge in [0.25, 0.3) is 5.56 Å². The van der Waals surface area contributed by atoms with Gasteiger partial charge in [0, 0.05) is 25.6 Å². The van der Waals surface area contributed by atoms with Crippen LogP contribution in [0.5, 0.6) is 23.0 Å². The Balaban J connectivity index is 1.39. The summed E-state index contributed by atoms with van der Waals surface area (Å²) >= 11 is 0. The first-order valence-corrected chi connectivity index (χ1v) is 10.0. The number of nitrogens with one attached hydrogen (secondary N) is 2. The maximum absolute atomic E-state index is 12.8. The second-order valence-electron chi connectivity index (χ2n) is 7.21. The zero-order chi connectivity index (χ0) is 22.7.